The summed E-state index contributed by atoms with van der Waals surface area (Å²) in [5.41, 5.74) is 5.44. The van der Waals surface area contributed by atoms with E-state index in [0.29, 0.717) is 13.1 Å². The highest BCUT2D eigenvalue weighted by Gasteiger charge is 2.31. The molecular formula is C12H23N5O2S. The fourth-order valence-electron chi connectivity index (χ4n) is 2.53. The van der Waals surface area contributed by atoms with E-state index in [9.17, 15) is 8.42 Å². The normalized spacial score (nSPS) is 21.5. The number of likely N-dealkylation sites (N-methyl/N-ethyl adjacent to an activating group) is 2. The molecule has 2 N–H and O–H groups in total. The first-order chi connectivity index (χ1) is 9.45. The van der Waals surface area contributed by atoms with Gasteiger partial charge in [0.25, 0.3) is 0 Å². The molecule has 0 radical (unpaired) electrons. The Bertz CT molecular complexity index is 542. The number of rotatable bonds is 5. The Labute approximate surface area is 120 Å². The molecule has 1 atom stereocenters. The minimum absolute atomic E-state index is 0.0246. The molecule has 0 saturated carbocycles. The Hall–Kier alpha value is -0.960. The van der Waals surface area contributed by atoms with E-state index in [2.05, 4.69) is 10.00 Å². The number of hydrogen-bond donors (Lipinski definition) is 1. The van der Waals surface area contributed by atoms with Crippen molar-refractivity contribution in [2.75, 3.05) is 33.7 Å². The standard InChI is InChI=1S/C12H23N5O2S/c1-15-6-3-4-11(9-15)16(2)20(18,19)12-8-14-17(10-12)7-5-13/h8,10-11H,3-7,9,13H2,1-2H3. The van der Waals surface area contributed by atoms with Crippen molar-refractivity contribution in [2.45, 2.75) is 30.3 Å². The van der Waals surface area contributed by atoms with Gasteiger partial charge in [0, 0.05) is 32.4 Å². The van der Waals surface area contributed by atoms with Gasteiger partial charge in [0.15, 0.2) is 0 Å². The highest BCUT2D eigenvalue weighted by atomic mass is 32.2. The summed E-state index contributed by atoms with van der Waals surface area (Å²) in [6.07, 6.45) is 4.86. The van der Waals surface area contributed by atoms with Gasteiger partial charge in [0.2, 0.25) is 10.0 Å². The van der Waals surface area contributed by atoms with Gasteiger partial charge in [0.05, 0.1) is 12.7 Å². The first-order valence-electron chi connectivity index (χ1n) is 6.84. The van der Waals surface area contributed by atoms with E-state index < -0.39 is 10.0 Å². The summed E-state index contributed by atoms with van der Waals surface area (Å²) < 4.78 is 28.2. The zero-order chi connectivity index (χ0) is 14.8. The second kappa shape index (κ2) is 6.21. The summed E-state index contributed by atoms with van der Waals surface area (Å²) in [6, 6.07) is 0.0246. The van der Waals surface area contributed by atoms with Gasteiger partial charge >= 0.3 is 0 Å². The van der Waals surface area contributed by atoms with Gasteiger partial charge < -0.3 is 10.6 Å². The number of aromatic nitrogens is 2. The summed E-state index contributed by atoms with van der Waals surface area (Å²) in [6.45, 7) is 2.75. The monoisotopic (exact) mass is 301 g/mol. The number of nitrogens with two attached hydrogens (primary N) is 1. The summed E-state index contributed by atoms with van der Waals surface area (Å²) >= 11 is 0. The largest absolute Gasteiger partial charge is 0.329 e. The Morgan fingerprint density at radius 2 is 2.30 bits per heavy atom. The molecule has 1 saturated heterocycles. The second-order valence-corrected chi connectivity index (χ2v) is 7.30. The van der Waals surface area contributed by atoms with Gasteiger partial charge in [0.1, 0.15) is 4.90 Å². The molecule has 0 bridgehead atoms. The highest BCUT2D eigenvalue weighted by Crippen LogP contribution is 2.21. The molecule has 7 nitrogen and oxygen atoms in total. The lowest BCUT2D eigenvalue weighted by Gasteiger charge is -2.34. The van der Waals surface area contributed by atoms with Crippen molar-refractivity contribution in [3.8, 4) is 0 Å². The van der Waals surface area contributed by atoms with E-state index in [1.54, 1.807) is 17.9 Å². The van der Waals surface area contributed by atoms with Crippen LogP contribution in [0.1, 0.15) is 12.8 Å². The molecule has 2 rings (SSSR count). The molecule has 1 fully saturated rings. The van der Waals surface area contributed by atoms with Gasteiger partial charge in [-0.1, -0.05) is 0 Å². The number of likely N-dealkylation sites (tertiary alicyclic amines) is 1. The average Bonchev–Trinajstić information content (AvgIpc) is 2.87. The number of piperidine rings is 1. The van der Waals surface area contributed by atoms with Gasteiger partial charge in [-0.05, 0) is 26.4 Å². The third kappa shape index (κ3) is 3.20. The molecule has 20 heavy (non-hydrogen) atoms. The first kappa shape index (κ1) is 15.4. The van der Waals surface area contributed by atoms with Crippen LogP contribution in [0, 0.1) is 0 Å². The van der Waals surface area contributed by atoms with Gasteiger partial charge in [-0.25, -0.2) is 8.42 Å². The maximum atomic E-state index is 12.6. The lowest BCUT2D eigenvalue weighted by molar-refractivity contribution is 0.187. The first-order valence-corrected chi connectivity index (χ1v) is 8.28. The van der Waals surface area contributed by atoms with E-state index >= 15 is 0 Å². The maximum absolute atomic E-state index is 12.6. The second-order valence-electron chi connectivity index (χ2n) is 5.31. The summed E-state index contributed by atoms with van der Waals surface area (Å²) in [7, 11) is 0.195. The van der Waals surface area contributed by atoms with Crippen LogP contribution in [0.4, 0.5) is 0 Å². The molecule has 0 aromatic carbocycles. The quantitative estimate of drug-likeness (QED) is 0.797. The lowest BCUT2D eigenvalue weighted by Crippen LogP contribution is -2.47. The van der Waals surface area contributed by atoms with Crippen molar-refractivity contribution >= 4 is 10.0 Å². The molecule has 2 heterocycles. The minimum atomic E-state index is -3.48. The van der Waals surface area contributed by atoms with Gasteiger partial charge in [-0.3, -0.25) is 4.68 Å². The highest BCUT2D eigenvalue weighted by molar-refractivity contribution is 7.89. The van der Waals surface area contributed by atoms with Crippen molar-refractivity contribution in [1.29, 1.82) is 0 Å². The van der Waals surface area contributed by atoms with Crippen LogP contribution in [0.5, 0.6) is 0 Å². The number of sulfonamides is 1. The Kier molecular flexibility index (Phi) is 4.79. The molecule has 0 aliphatic carbocycles. The fraction of sp³-hybridized carbons (Fsp3) is 0.750. The van der Waals surface area contributed by atoms with E-state index in [0.717, 1.165) is 25.9 Å². The molecule has 8 heteroatoms. The van der Waals surface area contributed by atoms with Crippen molar-refractivity contribution in [3.63, 3.8) is 0 Å². The van der Waals surface area contributed by atoms with E-state index in [1.807, 2.05) is 7.05 Å². The lowest BCUT2D eigenvalue weighted by atomic mass is 10.1. The molecule has 1 aliphatic heterocycles. The predicted octanol–water partition coefficient (Wildman–Crippen LogP) is -0.443. The molecular weight excluding hydrogens is 278 g/mol. The van der Waals surface area contributed by atoms with Crippen LogP contribution in [0.25, 0.3) is 0 Å². The molecule has 1 aliphatic rings. The Morgan fingerprint density at radius 1 is 1.55 bits per heavy atom. The van der Waals surface area contributed by atoms with Crippen LogP contribution in [-0.2, 0) is 16.6 Å². The van der Waals surface area contributed by atoms with E-state index in [1.165, 1.54) is 10.5 Å². The molecule has 114 valence electrons. The van der Waals surface area contributed by atoms with E-state index in [-0.39, 0.29) is 10.9 Å². The van der Waals surface area contributed by atoms with Crippen LogP contribution in [-0.4, -0.2) is 67.2 Å². The van der Waals surface area contributed by atoms with Crippen molar-refractivity contribution in [3.05, 3.63) is 12.4 Å². The minimum Gasteiger partial charge on any atom is -0.329 e. The molecule has 0 amide bonds. The molecule has 1 aromatic rings. The fourth-order valence-corrected chi connectivity index (χ4v) is 3.86. The van der Waals surface area contributed by atoms with Crippen LogP contribution < -0.4 is 5.73 Å². The summed E-state index contributed by atoms with van der Waals surface area (Å²) in [5.74, 6) is 0. The van der Waals surface area contributed by atoms with Crippen molar-refractivity contribution < 1.29 is 8.42 Å². The van der Waals surface area contributed by atoms with Crippen LogP contribution in [0.15, 0.2) is 17.3 Å². The smallest absolute Gasteiger partial charge is 0.246 e. The van der Waals surface area contributed by atoms with Crippen LogP contribution >= 0.6 is 0 Å². The number of hydrogen-bond acceptors (Lipinski definition) is 5. The molecule has 1 aromatic heterocycles. The zero-order valence-corrected chi connectivity index (χ0v) is 12.9. The topological polar surface area (TPSA) is 84.5 Å². The van der Waals surface area contributed by atoms with Crippen molar-refractivity contribution in [1.82, 2.24) is 19.0 Å². The maximum Gasteiger partial charge on any atom is 0.246 e. The number of nitrogens with zero attached hydrogens (tertiary/aromatic N) is 4. The SMILES string of the molecule is CN1CCCC(N(C)S(=O)(=O)c2cnn(CCN)c2)C1. The van der Waals surface area contributed by atoms with Crippen molar-refractivity contribution in [2.24, 2.45) is 5.73 Å². The Morgan fingerprint density at radius 3 is 2.95 bits per heavy atom. The third-order valence-corrected chi connectivity index (χ3v) is 5.62. The summed E-state index contributed by atoms with van der Waals surface area (Å²) in [5, 5.41) is 4.04. The van der Waals surface area contributed by atoms with Crippen LogP contribution in [0.3, 0.4) is 0 Å². The zero-order valence-electron chi connectivity index (χ0n) is 12.1. The predicted molar refractivity (Wildman–Crippen MR) is 76.7 cm³/mol. The Balaban J connectivity index is 2.15. The van der Waals surface area contributed by atoms with Gasteiger partial charge in [-0.15, -0.1) is 0 Å². The molecule has 0 spiro atoms. The van der Waals surface area contributed by atoms with Crippen LogP contribution in [0.2, 0.25) is 0 Å². The third-order valence-electron chi connectivity index (χ3n) is 3.76. The summed E-state index contributed by atoms with van der Waals surface area (Å²) in [4.78, 5) is 2.40. The molecule has 1 unspecified atom stereocenters. The average molecular weight is 301 g/mol. The van der Waals surface area contributed by atoms with Gasteiger partial charge in [-0.2, -0.15) is 9.40 Å². The van der Waals surface area contributed by atoms with E-state index in [4.69, 9.17) is 5.73 Å².